The summed E-state index contributed by atoms with van der Waals surface area (Å²) in [6.07, 6.45) is 0. The number of carbonyl (C=O) groups excluding carboxylic acids is 1. The van der Waals surface area contributed by atoms with Gasteiger partial charge in [-0.05, 0) is 18.2 Å². The molecule has 1 aliphatic rings. The molecule has 1 aliphatic heterocycles. The molecular formula is C12H14N2O4S. The van der Waals surface area contributed by atoms with Crippen LogP contribution >= 0.6 is 11.8 Å². The van der Waals surface area contributed by atoms with Crippen molar-refractivity contribution in [3.63, 3.8) is 0 Å². The molecule has 1 aromatic rings. The highest BCUT2D eigenvalue weighted by molar-refractivity contribution is 7.99. The molecule has 0 unspecified atom stereocenters. The van der Waals surface area contributed by atoms with Gasteiger partial charge in [0.2, 0.25) is 0 Å². The Balaban J connectivity index is 2.08. The number of amides is 2. The van der Waals surface area contributed by atoms with Crippen molar-refractivity contribution < 1.29 is 19.8 Å². The van der Waals surface area contributed by atoms with E-state index in [2.05, 4.69) is 5.32 Å². The molecule has 1 heterocycles. The number of benzene rings is 1. The van der Waals surface area contributed by atoms with E-state index < -0.39 is 5.97 Å². The van der Waals surface area contributed by atoms with Crippen molar-refractivity contribution in [1.29, 1.82) is 0 Å². The SMILES string of the molecule is O=C(O)c1cc(NC(=O)N2CCSCC2)ccc1O. The molecule has 1 fully saturated rings. The summed E-state index contributed by atoms with van der Waals surface area (Å²) in [7, 11) is 0. The first-order chi connectivity index (χ1) is 9.08. The first-order valence-electron chi connectivity index (χ1n) is 5.78. The largest absolute Gasteiger partial charge is 0.507 e. The zero-order chi connectivity index (χ0) is 13.8. The Morgan fingerprint density at radius 2 is 1.95 bits per heavy atom. The summed E-state index contributed by atoms with van der Waals surface area (Å²) >= 11 is 1.80. The number of carbonyl (C=O) groups is 2. The number of urea groups is 1. The molecule has 102 valence electrons. The fraction of sp³-hybridized carbons (Fsp3) is 0.333. The second kappa shape index (κ2) is 5.83. The second-order valence-electron chi connectivity index (χ2n) is 4.07. The lowest BCUT2D eigenvalue weighted by Crippen LogP contribution is -2.40. The molecule has 7 heteroatoms. The number of nitrogens with one attached hydrogen (secondary N) is 1. The van der Waals surface area contributed by atoms with E-state index in [9.17, 15) is 14.7 Å². The number of hydrogen-bond donors (Lipinski definition) is 3. The van der Waals surface area contributed by atoms with Crippen molar-refractivity contribution in [2.24, 2.45) is 0 Å². The molecule has 3 N–H and O–H groups in total. The zero-order valence-corrected chi connectivity index (χ0v) is 10.9. The van der Waals surface area contributed by atoms with Crippen molar-refractivity contribution in [3.8, 4) is 5.75 Å². The van der Waals surface area contributed by atoms with Crippen molar-refractivity contribution in [1.82, 2.24) is 4.90 Å². The van der Waals surface area contributed by atoms with Gasteiger partial charge < -0.3 is 20.4 Å². The predicted octanol–water partition coefficient (Wildman–Crippen LogP) is 1.67. The Morgan fingerprint density at radius 1 is 1.26 bits per heavy atom. The fourth-order valence-corrected chi connectivity index (χ4v) is 2.66. The summed E-state index contributed by atoms with van der Waals surface area (Å²) in [6.45, 7) is 1.36. The standard InChI is InChI=1S/C12H14N2O4S/c15-10-2-1-8(7-9(10)11(16)17)13-12(18)14-3-5-19-6-4-14/h1-2,7,15H,3-6H2,(H,13,18)(H,16,17). The highest BCUT2D eigenvalue weighted by atomic mass is 32.2. The first kappa shape index (κ1) is 13.5. The van der Waals surface area contributed by atoms with Crippen LogP contribution in [0.1, 0.15) is 10.4 Å². The minimum Gasteiger partial charge on any atom is -0.507 e. The van der Waals surface area contributed by atoms with Gasteiger partial charge in [0, 0.05) is 30.3 Å². The van der Waals surface area contributed by atoms with Crippen LogP contribution in [0.3, 0.4) is 0 Å². The Bertz CT molecular complexity index is 501. The van der Waals surface area contributed by atoms with Gasteiger partial charge in [-0.2, -0.15) is 11.8 Å². The summed E-state index contributed by atoms with van der Waals surface area (Å²) in [5, 5.41) is 20.9. The van der Waals surface area contributed by atoms with Gasteiger partial charge >= 0.3 is 12.0 Å². The predicted molar refractivity (Wildman–Crippen MR) is 73.0 cm³/mol. The van der Waals surface area contributed by atoms with Crippen molar-refractivity contribution in [2.75, 3.05) is 29.9 Å². The molecule has 2 rings (SSSR count). The van der Waals surface area contributed by atoms with Crippen LogP contribution in [0.25, 0.3) is 0 Å². The lowest BCUT2D eigenvalue weighted by molar-refractivity contribution is 0.0693. The molecule has 0 atom stereocenters. The monoisotopic (exact) mass is 282 g/mol. The minimum absolute atomic E-state index is 0.230. The molecular weight excluding hydrogens is 268 g/mol. The van der Waals surface area contributed by atoms with E-state index in [0.29, 0.717) is 18.8 Å². The zero-order valence-electron chi connectivity index (χ0n) is 10.1. The van der Waals surface area contributed by atoms with Crippen LogP contribution in [0.15, 0.2) is 18.2 Å². The fourth-order valence-electron chi connectivity index (χ4n) is 1.75. The van der Waals surface area contributed by atoms with Crippen molar-refractivity contribution in [2.45, 2.75) is 0 Å². The van der Waals surface area contributed by atoms with Gasteiger partial charge in [-0.25, -0.2) is 9.59 Å². The quantitative estimate of drug-likeness (QED) is 0.718. The number of carboxylic acids is 1. The second-order valence-corrected chi connectivity index (χ2v) is 5.29. The maximum atomic E-state index is 11.9. The van der Waals surface area contributed by atoms with E-state index in [4.69, 9.17) is 5.11 Å². The van der Waals surface area contributed by atoms with Crippen LogP contribution in [0.5, 0.6) is 5.75 Å². The molecule has 1 saturated heterocycles. The Kier molecular flexibility index (Phi) is 4.16. The summed E-state index contributed by atoms with van der Waals surface area (Å²) in [4.78, 5) is 24.5. The molecule has 0 aliphatic carbocycles. The van der Waals surface area contributed by atoms with Gasteiger partial charge in [-0.1, -0.05) is 0 Å². The highest BCUT2D eigenvalue weighted by Crippen LogP contribution is 2.22. The van der Waals surface area contributed by atoms with Gasteiger partial charge in [0.1, 0.15) is 11.3 Å². The van der Waals surface area contributed by atoms with Crippen LogP contribution in [-0.2, 0) is 0 Å². The van der Waals surface area contributed by atoms with Crippen molar-refractivity contribution in [3.05, 3.63) is 23.8 Å². The van der Waals surface area contributed by atoms with Gasteiger partial charge in [0.25, 0.3) is 0 Å². The maximum absolute atomic E-state index is 11.9. The van der Waals surface area contributed by atoms with Crippen LogP contribution < -0.4 is 5.32 Å². The Morgan fingerprint density at radius 3 is 2.58 bits per heavy atom. The van der Waals surface area contributed by atoms with Crippen LogP contribution in [0, 0.1) is 0 Å². The number of carboxylic acid groups (broad SMARTS) is 1. The number of hydrogen-bond acceptors (Lipinski definition) is 4. The molecule has 0 aromatic heterocycles. The summed E-state index contributed by atoms with van der Waals surface area (Å²) < 4.78 is 0. The van der Waals surface area contributed by atoms with E-state index in [0.717, 1.165) is 11.5 Å². The Hall–Kier alpha value is -1.89. The van der Waals surface area contributed by atoms with Crippen LogP contribution in [0.2, 0.25) is 0 Å². The third-order valence-electron chi connectivity index (χ3n) is 2.78. The lowest BCUT2D eigenvalue weighted by Gasteiger charge is -2.26. The van der Waals surface area contributed by atoms with Gasteiger partial charge in [0.15, 0.2) is 0 Å². The summed E-state index contributed by atoms with van der Waals surface area (Å²) in [5.74, 6) is 0.259. The Labute approximate surface area is 114 Å². The van der Waals surface area contributed by atoms with Gasteiger partial charge in [0.05, 0.1) is 0 Å². The smallest absolute Gasteiger partial charge is 0.339 e. The molecule has 0 bridgehead atoms. The normalized spacial score (nSPS) is 15.1. The molecule has 1 aromatic carbocycles. The van der Waals surface area contributed by atoms with Crippen LogP contribution in [-0.4, -0.2) is 51.7 Å². The number of rotatable bonds is 2. The lowest BCUT2D eigenvalue weighted by atomic mass is 10.2. The molecule has 6 nitrogen and oxygen atoms in total. The molecule has 19 heavy (non-hydrogen) atoms. The number of thioether (sulfide) groups is 1. The van der Waals surface area contributed by atoms with Crippen LogP contribution in [0.4, 0.5) is 10.5 Å². The van der Waals surface area contributed by atoms with E-state index >= 15 is 0 Å². The van der Waals surface area contributed by atoms with E-state index in [1.54, 1.807) is 16.7 Å². The third-order valence-corrected chi connectivity index (χ3v) is 3.72. The third kappa shape index (κ3) is 3.31. The number of aromatic hydroxyl groups is 1. The highest BCUT2D eigenvalue weighted by Gasteiger charge is 2.17. The van der Waals surface area contributed by atoms with E-state index in [-0.39, 0.29) is 17.3 Å². The molecule has 0 spiro atoms. The number of aromatic carboxylic acids is 1. The summed E-state index contributed by atoms with van der Waals surface area (Å²) in [6, 6.07) is 3.72. The summed E-state index contributed by atoms with van der Waals surface area (Å²) in [5.41, 5.74) is 0.130. The number of phenols is 1. The first-order valence-corrected chi connectivity index (χ1v) is 6.93. The average molecular weight is 282 g/mol. The molecule has 2 amide bonds. The van der Waals surface area contributed by atoms with E-state index in [1.165, 1.54) is 18.2 Å². The van der Waals surface area contributed by atoms with Gasteiger partial charge in [-0.15, -0.1) is 0 Å². The maximum Gasteiger partial charge on any atom is 0.339 e. The molecule has 0 saturated carbocycles. The number of anilines is 1. The minimum atomic E-state index is -1.23. The van der Waals surface area contributed by atoms with Gasteiger partial charge in [-0.3, -0.25) is 0 Å². The van der Waals surface area contributed by atoms with Crippen molar-refractivity contribution >= 4 is 29.4 Å². The van der Waals surface area contributed by atoms with E-state index in [1.807, 2.05) is 0 Å². The topological polar surface area (TPSA) is 89.9 Å². The number of nitrogens with zero attached hydrogens (tertiary/aromatic N) is 1. The molecule has 0 radical (unpaired) electrons. The average Bonchev–Trinajstić information content (AvgIpc) is 2.41.